The Bertz CT molecular complexity index is 792. The first kappa shape index (κ1) is 19.1. The average Bonchev–Trinajstić information content (AvgIpc) is 3.33. The molecule has 1 fully saturated rings. The fraction of sp³-hybridized carbons (Fsp3) is 0.400. The summed E-state index contributed by atoms with van der Waals surface area (Å²) in [4.78, 5) is 28.7. The lowest BCUT2D eigenvalue weighted by atomic mass is 10.1. The molecule has 2 heterocycles. The van der Waals surface area contributed by atoms with Crippen molar-refractivity contribution in [3.05, 3.63) is 59.8 Å². The Kier molecular flexibility index (Phi) is 5.91. The summed E-state index contributed by atoms with van der Waals surface area (Å²) in [5, 5.41) is 2.93. The standard InChI is InChI=1S/C20H24FN3O3/c1-23(2)17(14-6-3-7-15(21)12-14)13-22-19(25)16-8-4-10-24(16)20(26)18-9-5-11-27-18/h3,5-7,9,11-12,16-17H,4,8,10,13H2,1-2H3,(H,22,25). The van der Waals surface area contributed by atoms with Crippen LogP contribution in [0.5, 0.6) is 0 Å². The molecule has 1 aliphatic rings. The molecule has 27 heavy (non-hydrogen) atoms. The van der Waals surface area contributed by atoms with Crippen molar-refractivity contribution < 1.29 is 18.4 Å². The van der Waals surface area contributed by atoms with Crippen LogP contribution in [0.4, 0.5) is 4.39 Å². The highest BCUT2D eigenvalue weighted by molar-refractivity contribution is 5.96. The van der Waals surface area contributed by atoms with Crippen LogP contribution in [0.2, 0.25) is 0 Å². The second-order valence-electron chi connectivity index (χ2n) is 6.91. The Morgan fingerprint density at radius 2 is 2.15 bits per heavy atom. The third-order valence-electron chi connectivity index (χ3n) is 4.87. The van der Waals surface area contributed by atoms with Crippen LogP contribution in [0.25, 0.3) is 0 Å². The number of halogens is 1. The van der Waals surface area contributed by atoms with Gasteiger partial charge in [0, 0.05) is 13.1 Å². The number of carbonyl (C=O) groups is 2. The van der Waals surface area contributed by atoms with Crippen molar-refractivity contribution in [3.63, 3.8) is 0 Å². The fourth-order valence-corrected chi connectivity index (χ4v) is 3.45. The van der Waals surface area contributed by atoms with Gasteiger partial charge in [0.1, 0.15) is 11.9 Å². The SMILES string of the molecule is CN(C)C(CNC(=O)C1CCCN1C(=O)c1ccco1)c1cccc(F)c1. The molecular weight excluding hydrogens is 349 g/mol. The molecule has 2 unspecified atom stereocenters. The number of hydrogen-bond acceptors (Lipinski definition) is 4. The third kappa shape index (κ3) is 4.36. The Labute approximate surface area is 157 Å². The number of nitrogens with zero attached hydrogens (tertiary/aromatic N) is 2. The molecule has 0 saturated carbocycles. The molecule has 6 nitrogen and oxygen atoms in total. The molecule has 1 aromatic carbocycles. The third-order valence-corrected chi connectivity index (χ3v) is 4.87. The minimum absolute atomic E-state index is 0.166. The van der Waals surface area contributed by atoms with Crippen molar-refractivity contribution in [1.29, 1.82) is 0 Å². The van der Waals surface area contributed by atoms with Gasteiger partial charge in [-0.25, -0.2) is 4.39 Å². The Morgan fingerprint density at radius 3 is 2.81 bits per heavy atom. The van der Waals surface area contributed by atoms with Crippen molar-refractivity contribution in [3.8, 4) is 0 Å². The van der Waals surface area contributed by atoms with E-state index < -0.39 is 6.04 Å². The van der Waals surface area contributed by atoms with Gasteiger partial charge in [-0.2, -0.15) is 0 Å². The van der Waals surface area contributed by atoms with E-state index in [1.807, 2.05) is 25.1 Å². The van der Waals surface area contributed by atoms with Crippen LogP contribution in [-0.4, -0.2) is 54.8 Å². The second-order valence-corrected chi connectivity index (χ2v) is 6.91. The highest BCUT2D eigenvalue weighted by Gasteiger charge is 2.35. The molecule has 0 spiro atoms. The lowest BCUT2D eigenvalue weighted by molar-refractivity contribution is -0.125. The first-order valence-corrected chi connectivity index (χ1v) is 9.01. The number of benzene rings is 1. The van der Waals surface area contributed by atoms with E-state index in [2.05, 4.69) is 5.32 Å². The number of carbonyl (C=O) groups excluding carboxylic acids is 2. The minimum Gasteiger partial charge on any atom is -0.459 e. The van der Waals surface area contributed by atoms with Crippen LogP contribution in [0.3, 0.4) is 0 Å². The molecule has 1 N–H and O–H groups in total. The smallest absolute Gasteiger partial charge is 0.290 e. The van der Waals surface area contributed by atoms with E-state index in [4.69, 9.17) is 4.42 Å². The van der Waals surface area contributed by atoms with E-state index in [0.29, 0.717) is 19.5 Å². The molecule has 1 saturated heterocycles. The average molecular weight is 373 g/mol. The number of likely N-dealkylation sites (tertiary alicyclic amines) is 1. The van der Waals surface area contributed by atoms with Gasteiger partial charge in [-0.15, -0.1) is 0 Å². The minimum atomic E-state index is -0.516. The molecule has 2 aromatic rings. The summed E-state index contributed by atoms with van der Waals surface area (Å²) in [5.74, 6) is -0.542. The highest BCUT2D eigenvalue weighted by atomic mass is 19.1. The number of furan rings is 1. The number of likely N-dealkylation sites (N-methyl/N-ethyl adjacent to an activating group) is 1. The van der Waals surface area contributed by atoms with Crippen molar-refractivity contribution in [2.45, 2.75) is 24.9 Å². The number of amides is 2. The number of hydrogen-bond donors (Lipinski definition) is 1. The zero-order valence-corrected chi connectivity index (χ0v) is 15.5. The van der Waals surface area contributed by atoms with Gasteiger partial charge in [-0.1, -0.05) is 12.1 Å². The van der Waals surface area contributed by atoms with Gasteiger partial charge in [-0.05, 0) is 56.8 Å². The van der Waals surface area contributed by atoms with Crippen LogP contribution >= 0.6 is 0 Å². The predicted octanol–water partition coefficient (Wildman–Crippen LogP) is 2.44. The molecule has 144 valence electrons. The molecule has 0 radical (unpaired) electrons. The number of rotatable bonds is 6. The van der Waals surface area contributed by atoms with Crippen LogP contribution in [0.1, 0.15) is 35.0 Å². The van der Waals surface area contributed by atoms with E-state index in [1.165, 1.54) is 18.4 Å². The maximum Gasteiger partial charge on any atom is 0.290 e. The Balaban J connectivity index is 1.65. The van der Waals surface area contributed by atoms with Crippen molar-refractivity contribution in [2.75, 3.05) is 27.2 Å². The molecular formula is C20H24FN3O3. The van der Waals surface area contributed by atoms with Gasteiger partial charge in [-0.3, -0.25) is 9.59 Å². The highest BCUT2D eigenvalue weighted by Crippen LogP contribution is 2.22. The molecule has 1 aliphatic heterocycles. The summed E-state index contributed by atoms with van der Waals surface area (Å²) in [5.41, 5.74) is 0.787. The van der Waals surface area contributed by atoms with Gasteiger partial charge in [0.15, 0.2) is 5.76 Å². The van der Waals surface area contributed by atoms with Gasteiger partial charge in [0.2, 0.25) is 5.91 Å². The molecule has 3 rings (SSSR count). The quantitative estimate of drug-likeness (QED) is 0.845. The van der Waals surface area contributed by atoms with Crippen molar-refractivity contribution in [2.24, 2.45) is 0 Å². The lowest BCUT2D eigenvalue weighted by Crippen LogP contribution is -2.47. The monoisotopic (exact) mass is 373 g/mol. The normalized spacial score (nSPS) is 17.9. The van der Waals surface area contributed by atoms with Gasteiger partial charge >= 0.3 is 0 Å². The van der Waals surface area contributed by atoms with E-state index >= 15 is 0 Å². The lowest BCUT2D eigenvalue weighted by Gasteiger charge is -2.27. The molecule has 1 aromatic heterocycles. The Hall–Kier alpha value is -2.67. The zero-order valence-electron chi connectivity index (χ0n) is 15.5. The summed E-state index contributed by atoms with van der Waals surface area (Å²) in [6, 6.07) is 8.93. The van der Waals surface area contributed by atoms with Crippen molar-refractivity contribution >= 4 is 11.8 Å². The fourth-order valence-electron chi connectivity index (χ4n) is 3.45. The molecule has 2 amide bonds. The van der Waals surface area contributed by atoms with Gasteiger partial charge < -0.3 is 19.5 Å². The largest absolute Gasteiger partial charge is 0.459 e. The van der Waals surface area contributed by atoms with Crippen LogP contribution in [0, 0.1) is 5.82 Å². The molecule has 2 atom stereocenters. The summed E-state index contributed by atoms with van der Waals surface area (Å²) < 4.78 is 18.7. The van der Waals surface area contributed by atoms with Crippen LogP contribution < -0.4 is 5.32 Å². The predicted molar refractivity (Wildman–Crippen MR) is 98.6 cm³/mol. The summed E-state index contributed by atoms with van der Waals surface area (Å²) in [7, 11) is 3.76. The van der Waals surface area contributed by atoms with Crippen LogP contribution in [0.15, 0.2) is 47.1 Å². The first-order chi connectivity index (χ1) is 13.0. The summed E-state index contributed by atoms with van der Waals surface area (Å²) >= 11 is 0. The van der Waals surface area contributed by atoms with E-state index in [9.17, 15) is 14.0 Å². The topological polar surface area (TPSA) is 65.8 Å². The van der Waals surface area contributed by atoms with Gasteiger partial charge in [0.25, 0.3) is 5.91 Å². The molecule has 0 bridgehead atoms. The van der Waals surface area contributed by atoms with E-state index in [0.717, 1.165) is 12.0 Å². The molecule has 7 heteroatoms. The first-order valence-electron chi connectivity index (χ1n) is 9.01. The van der Waals surface area contributed by atoms with Gasteiger partial charge in [0.05, 0.1) is 12.3 Å². The molecule has 0 aliphatic carbocycles. The second kappa shape index (κ2) is 8.35. The summed E-state index contributed by atoms with van der Waals surface area (Å²) in [6.07, 6.45) is 2.83. The van der Waals surface area contributed by atoms with Crippen molar-refractivity contribution in [1.82, 2.24) is 15.1 Å². The maximum absolute atomic E-state index is 13.6. The maximum atomic E-state index is 13.6. The summed E-state index contributed by atoms with van der Waals surface area (Å²) in [6.45, 7) is 0.854. The Morgan fingerprint density at radius 1 is 1.33 bits per heavy atom. The van der Waals surface area contributed by atoms with Crippen LogP contribution in [-0.2, 0) is 4.79 Å². The number of nitrogens with one attached hydrogen (secondary N) is 1. The van der Waals surface area contributed by atoms with E-state index in [1.54, 1.807) is 23.1 Å². The van der Waals surface area contributed by atoms with E-state index in [-0.39, 0.29) is 29.4 Å². The zero-order chi connectivity index (χ0) is 19.4.